The molecule has 2 aromatic carbocycles. The SMILES string of the molecule is COc1c(Cl)cc(C2OCC2(C)C)cc1OCCOc1cc(C2OCC2(C)C)cc(Cl)c1OC. The summed E-state index contributed by atoms with van der Waals surface area (Å²) in [6.45, 7) is 10.6. The van der Waals surface area contributed by atoms with Crippen LogP contribution in [0, 0.1) is 10.8 Å². The first-order valence-electron chi connectivity index (χ1n) is 11.3. The van der Waals surface area contributed by atoms with E-state index in [9.17, 15) is 0 Å². The van der Waals surface area contributed by atoms with Crippen molar-refractivity contribution in [3.05, 3.63) is 45.4 Å². The van der Waals surface area contributed by atoms with Crippen molar-refractivity contribution in [2.24, 2.45) is 10.8 Å². The number of hydrogen-bond acceptors (Lipinski definition) is 6. The van der Waals surface area contributed by atoms with Crippen LogP contribution < -0.4 is 18.9 Å². The molecule has 2 saturated heterocycles. The molecule has 0 aromatic heterocycles. The molecule has 2 unspecified atom stereocenters. The predicted molar refractivity (Wildman–Crippen MR) is 132 cm³/mol. The Morgan fingerprint density at radius 3 is 1.38 bits per heavy atom. The van der Waals surface area contributed by atoms with E-state index >= 15 is 0 Å². The lowest BCUT2D eigenvalue weighted by Crippen LogP contribution is -2.40. The third-order valence-electron chi connectivity index (χ3n) is 6.34. The van der Waals surface area contributed by atoms with Gasteiger partial charge in [0.25, 0.3) is 0 Å². The molecule has 34 heavy (non-hydrogen) atoms. The van der Waals surface area contributed by atoms with Crippen LogP contribution in [0.3, 0.4) is 0 Å². The van der Waals surface area contributed by atoms with Crippen molar-refractivity contribution in [1.29, 1.82) is 0 Å². The van der Waals surface area contributed by atoms with Gasteiger partial charge < -0.3 is 28.4 Å². The van der Waals surface area contributed by atoms with E-state index in [1.54, 1.807) is 14.2 Å². The van der Waals surface area contributed by atoms with E-state index < -0.39 is 0 Å². The van der Waals surface area contributed by atoms with Gasteiger partial charge in [-0.15, -0.1) is 0 Å². The Labute approximate surface area is 211 Å². The molecule has 0 bridgehead atoms. The van der Waals surface area contributed by atoms with Crippen LogP contribution in [0.2, 0.25) is 10.0 Å². The van der Waals surface area contributed by atoms with Gasteiger partial charge in [-0.3, -0.25) is 0 Å². The molecule has 0 amide bonds. The monoisotopic (exact) mass is 510 g/mol. The molecule has 0 spiro atoms. The molecule has 0 radical (unpaired) electrons. The molecular formula is C26H32Cl2O6. The van der Waals surface area contributed by atoms with Gasteiger partial charge in [-0.1, -0.05) is 50.9 Å². The normalized spacial score (nSPS) is 22.4. The summed E-state index contributed by atoms with van der Waals surface area (Å²) in [6, 6.07) is 7.59. The molecule has 2 aliphatic heterocycles. The number of rotatable bonds is 9. The lowest BCUT2D eigenvalue weighted by molar-refractivity contribution is -0.172. The maximum Gasteiger partial charge on any atom is 0.179 e. The molecule has 2 atom stereocenters. The highest BCUT2D eigenvalue weighted by Gasteiger charge is 2.42. The fourth-order valence-electron chi connectivity index (χ4n) is 4.49. The van der Waals surface area contributed by atoms with Gasteiger partial charge in [0.2, 0.25) is 0 Å². The van der Waals surface area contributed by atoms with Crippen LogP contribution in [0.1, 0.15) is 51.0 Å². The lowest BCUT2D eigenvalue weighted by atomic mass is 9.79. The molecule has 186 valence electrons. The van der Waals surface area contributed by atoms with Crippen LogP contribution in [0.5, 0.6) is 23.0 Å². The summed E-state index contributed by atoms with van der Waals surface area (Å²) in [5.41, 5.74) is 2.00. The smallest absolute Gasteiger partial charge is 0.179 e. The molecule has 0 saturated carbocycles. The summed E-state index contributed by atoms with van der Waals surface area (Å²) in [7, 11) is 3.13. The molecule has 4 rings (SSSR count). The molecule has 2 aromatic rings. The highest BCUT2D eigenvalue weighted by molar-refractivity contribution is 6.32. The van der Waals surface area contributed by atoms with Crippen molar-refractivity contribution in [3.63, 3.8) is 0 Å². The maximum absolute atomic E-state index is 6.47. The van der Waals surface area contributed by atoms with Gasteiger partial charge >= 0.3 is 0 Å². The number of methoxy groups -OCH3 is 2. The Bertz CT molecular complexity index is 969. The second-order valence-corrected chi connectivity index (χ2v) is 10.9. The van der Waals surface area contributed by atoms with Crippen molar-refractivity contribution in [2.45, 2.75) is 39.9 Å². The molecule has 0 N–H and O–H groups in total. The first-order valence-corrected chi connectivity index (χ1v) is 12.1. The summed E-state index contributed by atoms with van der Waals surface area (Å²) < 4.78 is 34.5. The minimum atomic E-state index is -0.0402. The van der Waals surface area contributed by atoms with E-state index in [0.717, 1.165) is 11.1 Å². The highest BCUT2D eigenvalue weighted by atomic mass is 35.5. The maximum atomic E-state index is 6.47. The quantitative estimate of drug-likeness (QED) is 0.351. The zero-order valence-electron chi connectivity index (χ0n) is 20.5. The van der Waals surface area contributed by atoms with Crippen LogP contribution in [0.25, 0.3) is 0 Å². The second kappa shape index (κ2) is 9.65. The Morgan fingerprint density at radius 2 is 1.12 bits per heavy atom. The number of benzene rings is 2. The van der Waals surface area contributed by atoms with Crippen LogP contribution in [0.4, 0.5) is 0 Å². The highest BCUT2D eigenvalue weighted by Crippen LogP contribution is 2.50. The summed E-state index contributed by atoms with van der Waals surface area (Å²) in [6.07, 6.45) is -0.0803. The van der Waals surface area contributed by atoms with Crippen molar-refractivity contribution in [3.8, 4) is 23.0 Å². The molecule has 0 aliphatic carbocycles. The third-order valence-corrected chi connectivity index (χ3v) is 6.90. The van der Waals surface area contributed by atoms with Crippen LogP contribution >= 0.6 is 23.2 Å². The van der Waals surface area contributed by atoms with Gasteiger partial charge in [0.05, 0.1) is 49.7 Å². The summed E-state index contributed by atoms with van der Waals surface area (Å²) >= 11 is 12.9. The van der Waals surface area contributed by atoms with Crippen molar-refractivity contribution in [2.75, 3.05) is 40.6 Å². The van der Waals surface area contributed by atoms with E-state index in [1.165, 1.54) is 0 Å². The molecular weight excluding hydrogens is 479 g/mol. The minimum absolute atomic E-state index is 0.0395. The topological polar surface area (TPSA) is 55.4 Å². The van der Waals surface area contributed by atoms with Crippen molar-refractivity contribution >= 4 is 23.2 Å². The van der Waals surface area contributed by atoms with Crippen LogP contribution in [0.15, 0.2) is 24.3 Å². The summed E-state index contributed by atoms with van der Waals surface area (Å²) in [5.74, 6) is 2.05. The standard InChI is InChI=1S/C26H32Cl2O6/c1-25(2)13-33-23(25)15-9-17(27)21(29-5)19(11-15)31-7-8-32-20-12-16(10-18(28)22(20)30-6)24-26(3,4)14-34-24/h9-12,23-24H,7-8,13-14H2,1-6H3. The predicted octanol–water partition coefficient (Wildman–Crippen LogP) is 6.66. The van der Waals surface area contributed by atoms with Gasteiger partial charge in [-0.25, -0.2) is 0 Å². The first kappa shape index (κ1) is 25.2. The van der Waals surface area contributed by atoms with Crippen LogP contribution in [-0.2, 0) is 9.47 Å². The first-order chi connectivity index (χ1) is 16.1. The fourth-order valence-corrected chi connectivity index (χ4v) is 5.08. The Hall–Kier alpha value is -1.86. The molecule has 2 aliphatic rings. The average molecular weight is 511 g/mol. The third kappa shape index (κ3) is 4.78. The molecule has 2 fully saturated rings. The Balaban J connectivity index is 1.46. The van der Waals surface area contributed by atoms with Gasteiger partial charge in [-0.05, 0) is 35.4 Å². The van der Waals surface area contributed by atoms with E-state index in [1.807, 2.05) is 24.3 Å². The number of ether oxygens (including phenoxy) is 6. The zero-order valence-corrected chi connectivity index (χ0v) is 22.0. The van der Waals surface area contributed by atoms with E-state index in [2.05, 4.69) is 27.7 Å². The van der Waals surface area contributed by atoms with Gasteiger partial charge in [-0.2, -0.15) is 0 Å². The van der Waals surface area contributed by atoms with E-state index in [4.69, 9.17) is 51.6 Å². The van der Waals surface area contributed by atoms with Crippen molar-refractivity contribution in [1.82, 2.24) is 0 Å². The molecule has 8 heteroatoms. The van der Waals surface area contributed by atoms with Crippen molar-refractivity contribution < 1.29 is 28.4 Å². The number of halogens is 2. The van der Waals surface area contributed by atoms with Gasteiger partial charge in [0, 0.05) is 10.8 Å². The largest absolute Gasteiger partial charge is 0.491 e. The molecule has 6 nitrogen and oxygen atoms in total. The van der Waals surface area contributed by atoms with Gasteiger partial charge in [0.1, 0.15) is 13.2 Å². The number of hydrogen-bond donors (Lipinski definition) is 0. The zero-order chi connectivity index (χ0) is 24.7. The van der Waals surface area contributed by atoms with E-state index in [0.29, 0.717) is 46.3 Å². The lowest BCUT2D eigenvalue weighted by Gasteiger charge is -2.44. The van der Waals surface area contributed by atoms with Crippen LogP contribution in [-0.4, -0.2) is 40.6 Å². The fraction of sp³-hybridized carbons (Fsp3) is 0.538. The Morgan fingerprint density at radius 1 is 0.735 bits per heavy atom. The Kier molecular flexibility index (Phi) is 7.16. The van der Waals surface area contributed by atoms with E-state index in [-0.39, 0.29) is 36.3 Å². The molecule has 2 heterocycles. The second-order valence-electron chi connectivity index (χ2n) is 10.1. The average Bonchev–Trinajstić information content (AvgIpc) is 2.75. The van der Waals surface area contributed by atoms with Gasteiger partial charge in [0.15, 0.2) is 23.0 Å². The summed E-state index contributed by atoms with van der Waals surface area (Å²) in [5, 5.41) is 0.956. The minimum Gasteiger partial charge on any atom is -0.491 e. The summed E-state index contributed by atoms with van der Waals surface area (Å²) in [4.78, 5) is 0.